The van der Waals surface area contributed by atoms with E-state index in [1.807, 2.05) is 0 Å². The van der Waals surface area contributed by atoms with Crippen LogP contribution in [0, 0.1) is 5.92 Å². The molecule has 0 aromatic heterocycles. The highest BCUT2D eigenvalue weighted by atomic mass is 31.1. The molecule has 0 N–H and O–H groups in total. The monoisotopic (exact) mass is 232 g/mol. The van der Waals surface area contributed by atoms with Crippen LogP contribution in [0.15, 0.2) is 0 Å². The molecule has 0 spiro atoms. The molecule has 3 unspecified atom stereocenters. The lowest BCUT2D eigenvalue weighted by molar-refractivity contribution is 0.497. The van der Waals surface area contributed by atoms with Gasteiger partial charge in [0.1, 0.15) is 0 Å². The van der Waals surface area contributed by atoms with Crippen LogP contribution in [-0.4, -0.2) is 11.3 Å². The van der Waals surface area contributed by atoms with E-state index in [9.17, 15) is 4.57 Å². The normalized spacial score (nSPS) is 17.7. The van der Waals surface area contributed by atoms with Gasteiger partial charge in [0.25, 0.3) is 0 Å². The van der Waals surface area contributed by atoms with E-state index in [-0.39, 0.29) is 0 Å². The number of hydrogen-bond acceptors (Lipinski definition) is 1. The smallest absolute Gasteiger partial charge is 0.0820 e. The third-order valence-electron chi connectivity index (χ3n) is 3.39. The first-order valence-corrected chi connectivity index (χ1v) is 8.14. The van der Waals surface area contributed by atoms with Gasteiger partial charge in [-0.2, -0.15) is 0 Å². The van der Waals surface area contributed by atoms with Crippen molar-refractivity contribution in [2.24, 2.45) is 5.92 Å². The highest BCUT2D eigenvalue weighted by molar-refractivity contribution is 7.46. The van der Waals surface area contributed by atoms with Gasteiger partial charge in [-0.05, 0) is 18.8 Å². The Hall–Kier alpha value is 0.230. The summed E-state index contributed by atoms with van der Waals surface area (Å²) in [5.41, 5.74) is 0.917. The number of unbranched alkanes of at least 4 members (excludes halogenated alkanes) is 2. The van der Waals surface area contributed by atoms with Crippen molar-refractivity contribution in [1.82, 2.24) is 0 Å². The summed E-state index contributed by atoms with van der Waals surface area (Å²) >= 11 is 0. The predicted molar refractivity (Wildman–Crippen MR) is 71.5 cm³/mol. The highest BCUT2D eigenvalue weighted by Gasteiger charge is 2.23. The van der Waals surface area contributed by atoms with Crippen molar-refractivity contribution in [2.45, 2.75) is 78.0 Å². The van der Waals surface area contributed by atoms with Gasteiger partial charge in [-0.15, -0.1) is 0 Å². The van der Waals surface area contributed by atoms with E-state index >= 15 is 0 Å². The van der Waals surface area contributed by atoms with Crippen LogP contribution in [0.2, 0.25) is 0 Å². The molecule has 0 aromatic carbocycles. The molecular formula is C13H29OP. The fraction of sp³-hybridized carbons (Fsp3) is 1.00. The van der Waals surface area contributed by atoms with E-state index in [1.54, 1.807) is 0 Å². The molecule has 0 aliphatic heterocycles. The molecule has 0 bridgehead atoms. The van der Waals surface area contributed by atoms with Crippen LogP contribution in [0.1, 0.15) is 66.7 Å². The first kappa shape index (κ1) is 15.2. The number of hydrogen-bond donors (Lipinski definition) is 0. The molecule has 2 heteroatoms. The van der Waals surface area contributed by atoms with Gasteiger partial charge in [0.15, 0.2) is 0 Å². The summed E-state index contributed by atoms with van der Waals surface area (Å²) in [7, 11) is -1.39. The minimum atomic E-state index is -1.39. The molecule has 0 amide bonds. The zero-order chi connectivity index (χ0) is 11.8. The molecule has 92 valence electrons. The molecule has 0 rings (SSSR count). The minimum Gasteiger partial charge on any atom is -0.326 e. The summed E-state index contributed by atoms with van der Waals surface area (Å²) in [5, 5.41) is 0. The molecule has 0 saturated carbocycles. The lowest BCUT2D eigenvalue weighted by Crippen LogP contribution is -2.15. The van der Waals surface area contributed by atoms with Crippen molar-refractivity contribution < 1.29 is 4.57 Å². The average Bonchev–Trinajstić information content (AvgIpc) is 2.22. The third-order valence-corrected chi connectivity index (χ3v) is 6.45. The molecule has 15 heavy (non-hydrogen) atoms. The highest BCUT2D eigenvalue weighted by Crippen LogP contribution is 2.42. The second kappa shape index (κ2) is 8.39. The van der Waals surface area contributed by atoms with Gasteiger partial charge in [-0.1, -0.05) is 53.9 Å². The van der Waals surface area contributed by atoms with Crippen LogP contribution >= 0.6 is 7.80 Å². The molecular weight excluding hydrogens is 203 g/mol. The Morgan fingerprint density at radius 3 is 2.07 bits per heavy atom. The van der Waals surface area contributed by atoms with Crippen LogP contribution < -0.4 is 0 Å². The quantitative estimate of drug-likeness (QED) is 0.427. The second-order valence-electron chi connectivity index (χ2n) is 5.06. The Kier molecular flexibility index (Phi) is 8.52. The van der Waals surface area contributed by atoms with E-state index in [2.05, 4.69) is 34.6 Å². The van der Waals surface area contributed by atoms with E-state index in [0.717, 1.165) is 6.42 Å². The van der Waals surface area contributed by atoms with Gasteiger partial charge in [0.2, 0.25) is 0 Å². The van der Waals surface area contributed by atoms with Gasteiger partial charge >= 0.3 is 0 Å². The van der Waals surface area contributed by atoms with Gasteiger partial charge in [0, 0.05) is 11.3 Å². The van der Waals surface area contributed by atoms with Crippen LogP contribution in [-0.2, 0) is 4.57 Å². The van der Waals surface area contributed by atoms with E-state index < -0.39 is 7.80 Å². The third kappa shape index (κ3) is 5.76. The minimum absolute atomic E-state index is 0.434. The summed E-state index contributed by atoms with van der Waals surface area (Å²) in [5.74, 6) is 0.585. The van der Waals surface area contributed by atoms with E-state index in [4.69, 9.17) is 0 Å². The number of rotatable bonds is 8. The molecule has 0 aliphatic rings. The predicted octanol–water partition coefficient (Wildman–Crippen LogP) is 4.95. The fourth-order valence-corrected chi connectivity index (χ4v) is 4.26. The maximum Gasteiger partial charge on any atom is 0.0820 e. The van der Waals surface area contributed by atoms with Gasteiger partial charge in [0.05, 0.1) is 7.80 Å². The molecule has 1 nitrogen and oxygen atoms in total. The van der Waals surface area contributed by atoms with Crippen molar-refractivity contribution in [1.29, 1.82) is 0 Å². The molecule has 0 aliphatic carbocycles. The standard InChI is InChI=1S/C13H29OP/c1-6-8-9-10-13(11(3)4)15(14)12(5)7-2/h11-13,15H,6-10H2,1-5H3. The summed E-state index contributed by atoms with van der Waals surface area (Å²) in [6.45, 7) is 11.0. The van der Waals surface area contributed by atoms with Crippen molar-refractivity contribution in [3.05, 3.63) is 0 Å². The van der Waals surface area contributed by atoms with Gasteiger partial charge < -0.3 is 4.57 Å². The molecule has 0 saturated heterocycles. The SMILES string of the molecule is CCCCCC(C(C)C)[PH](=O)C(C)CC. The zero-order valence-electron chi connectivity index (χ0n) is 11.2. The maximum atomic E-state index is 12.3. The van der Waals surface area contributed by atoms with Crippen molar-refractivity contribution >= 4 is 7.80 Å². The molecule has 3 atom stereocenters. The zero-order valence-corrected chi connectivity index (χ0v) is 12.2. The van der Waals surface area contributed by atoms with Crippen molar-refractivity contribution in [3.63, 3.8) is 0 Å². The lowest BCUT2D eigenvalue weighted by atomic mass is 10.0. The largest absolute Gasteiger partial charge is 0.326 e. The first-order valence-electron chi connectivity index (χ1n) is 6.58. The van der Waals surface area contributed by atoms with Crippen molar-refractivity contribution in [2.75, 3.05) is 0 Å². The van der Waals surface area contributed by atoms with Crippen molar-refractivity contribution in [3.8, 4) is 0 Å². The molecule has 0 aromatic rings. The first-order chi connectivity index (χ1) is 7.04. The molecule has 0 radical (unpaired) electrons. The molecule has 0 heterocycles. The lowest BCUT2D eigenvalue weighted by Gasteiger charge is -2.23. The van der Waals surface area contributed by atoms with E-state index in [0.29, 0.717) is 17.2 Å². The second-order valence-corrected chi connectivity index (χ2v) is 7.59. The fourth-order valence-electron chi connectivity index (χ4n) is 1.99. The summed E-state index contributed by atoms with van der Waals surface area (Å²) in [6.07, 6.45) is 6.04. The van der Waals surface area contributed by atoms with Crippen LogP contribution in [0.4, 0.5) is 0 Å². The summed E-state index contributed by atoms with van der Waals surface area (Å²) in [4.78, 5) is 0. The van der Waals surface area contributed by atoms with Gasteiger partial charge in [-0.25, -0.2) is 0 Å². The van der Waals surface area contributed by atoms with E-state index in [1.165, 1.54) is 25.7 Å². The molecule has 0 fully saturated rings. The Labute approximate surface area is 96.8 Å². The summed E-state index contributed by atoms with van der Waals surface area (Å²) < 4.78 is 12.3. The Balaban J connectivity index is 4.19. The summed E-state index contributed by atoms with van der Waals surface area (Å²) in [6, 6.07) is 0. The average molecular weight is 232 g/mol. The van der Waals surface area contributed by atoms with Crippen LogP contribution in [0.25, 0.3) is 0 Å². The topological polar surface area (TPSA) is 17.1 Å². The van der Waals surface area contributed by atoms with Gasteiger partial charge in [-0.3, -0.25) is 0 Å². The Morgan fingerprint density at radius 1 is 1.07 bits per heavy atom. The Morgan fingerprint density at radius 2 is 1.67 bits per heavy atom. The Bertz CT molecular complexity index is 177. The van der Waals surface area contributed by atoms with Crippen LogP contribution in [0.3, 0.4) is 0 Å². The van der Waals surface area contributed by atoms with Crippen LogP contribution in [0.5, 0.6) is 0 Å². The maximum absolute atomic E-state index is 12.3.